The first-order chi connectivity index (χ1) is 61.8. The summed E-state index contributed by atoms with van der Waals surface area (Å²) in [7, 11) is 0. The van der Waals surface area contributed by atoms with Gasteiger partial charge in [0.05, 0.1) is 46.1 Å². The number of aliphatic hydroxyl groups excluding tert-OH is 2. The van der Waals surface area contributed by atoms with Gasteiger partial charge in [0.15, 0.2) is 23.1 Å². The maximum absolute atomic E-state index is 13.9. The molecule has 5 heterocycles. The number of nitrogens with one attached hydrogen (secondary N) is 2. The van der Waals surface area contributed by atoms with Crippen LogP contribution in [-0.4, -0.2) is 102 Å². The summed E-state index contributed by atoms with van der Waals surface area (Å²) >= 11 is 0. The molecule has 0 saturated heterocycles. The molecule has 0 radical (unpaired) electrons. The minimum atomic E-state index is -0.478. The zero-order chi connectivity index (χ0) is 88.1. The molecule has 12 aliphatic rings. The van der Waals surface area contributed by atoms with E-state index in [0.717, 1.165) is 170 Å². The fourth-order valence-corrected chi connectivity index (χ4v) is 27.9. The summed E-state index contributed by atoms with van der Waals surface area (Å²) in [4.78, 5) is 127. The fourth-order valence-electron chi connectivity index (χ4n) is 27.9. The Bertz CT molecular complexity index is 5970. The summed E-state index contributed by atoms with van der Waals surface area (Å²) in [5.41, 5.74) is 12.4. The number of aromatic amines is 2. The quantitative estimate of drug-likeness (QED) is 0.0517. The normalized spacial score (nSPS) is 30.2. The number of aliphatic hydroxyl groups is 2. The minimum Gasteiger partial charge on any atom is -0.459 e. The number of H-pyrrole nitrogens is 2. The van der Waals surface area contributed by atoms with Crippen molar-refractivity contribution in [2.45, 2.75) is 194 Å². The number of hydrogen-bond acceptors (Lipinski definition) is 16. The van der Waals surface area contributed by atoms with Crippen LogP contribution in [0.5, 0.6) is 11.5 Å². The monoisotopic (exact) mass is 1710 g/mol. The molecule has 8 saturated carbocycles. The van der Waals surface area contributed by atoms with Crippen LogP contribution in [0.4, 0.5) is 0 Å². The Hall–Kier alpha value is -11.6. The van der Waals surface area contributed by atoms with E-state index in [2.05, 4.69) is 51.5 Å². The zero-order valence-corrected chi connectivity index (χ0v) is 73.5. The predicted molar refractivity (Wildman–Crippen MR) is 489 cm³/mol. The number of carbonyl (C=O) groups excluding carboxylic acids is 8. The average Bonchev–Trinajstić information content (AvgIpc) is 1.33. The molecule has 20 atom stereocenters. The third kappa shape index (κ3) is 14.2. The van der Waals surface area contributed by atoms with E-state index in [1.54, 1.807) is 72.8 Å². The minimum absolute atomic E-state index is 0.00360. The number of ether oxygens (including phenoxy) is 4. The van der Waals surface area contributed by atoms with E-state index in [1.165, 1.54) is 12.1 Å². The molecule has 2 aliphatic heterocycles. The number of fused-ring (bicyclic) bond motifs is 22. The lowest BCUT2D eigenvalue weighted by molar-refractivity contribution is -0.175. The fraction of sp³-hybridized carbons (Fsp3) is 0.418. The molecule has 3 aromatic heterocycles. The van der Waals surface area contributed by atoms with Gasteiger partial charge >= 0.3 is 23.9 Å². The second kappa shape index (κ2) is 32.3. The summed E-state index contributed by atoms with van der Waals surface area (Å²) in [6.07, 6.45) is 23.0. The van der Waals surface area contributed by atoms with Gasteiger partial charge in [-0.25, -0.2) is 19.6 Å². The molecular formula is C110H110N4O14. The van der Waals surface area contributed by atoms with E-state index in [0.29, 0.717) is 105 Å². The maximum Gasteiger partial charge on any atom is 0.338 e. The molecule has 6 aromatic carbocycles. The van der Waals surface area contributed by atoms with Gasteiger partial charge in [0.1, 0.15) is 23.7 Å². The molecule has 18 nitrogen and oxygen atoms in total. The first kappa shape index (κ1) is 83.3. The van der Waals surface area contributed by atoms with Gasteiger partial charge < -0.3 is 39.1 Å². The van der Waals surface area contributed by atoms with Crippen LogP contribution < -0.4 is 9.47 Å². The molecule has 4 N–H and O–H groups in total. The van der Waals surface area contributed by atoms with Crippen molar-refractivity contribution < 1.29 is 67.5 Å². The van der Waals surface area contributed by atoms with Crippen LogP contribution in [0.25, 0.3) is 68.6 Å². The first-order valence-corrected chi connectivity index (χ1v) is 46.9. The summed E-state index contributed by atoms with van der Waals surface area (Å²) in [5, 5.41) is 25.0. The lowest BCUT2D eigenvalue weighted by Gasteiger charge is -2.62. The Morgan fingerprint density at radius 2 is 0.797 bits per heavy atom. The zero-order valence-electron chi connectivity index (χ0n) is 73.5. The highest BCUT2D eigenvalue weighted by Gasteiger charge is 2.66. The highest BCUT2D eigenvalue weighted by atomic mass is 16.6. The van der Waals surface area contributed by atoms with Gasteiger partial charge in [-0.3, -0.25) is 28.8 Å². The molecular weight excluding hydrogens is 1600 g/mol. The van der Waals surface area contributed by atoms with Crippen LogP contribution in [0, 0.1) is 92.7 Å². The molecule has 9 aromatic rings. The second-order valence-corrected chi connectivity index (χ2v) is 40.7. The molecule has 8 fully saturated rings. The second-order valence-electron chi connectivity index (χ2n) is 40.7. The van der Waals surface area contributed by atoms with Crippen LogP contribution in [0.3, 0.4) is 0 Å². The molecule has 0 spiro atoms. The summed E-state index contributed by atoms with van der Waals surface area (Å²) < 4.78 is 24.7. The van der Waals surface area contributed by atoms with E-state index in [9.17, 15) is 48.6 Å². The Labute approximate surface area is 745 Å². The lowest BCUT2D eigenvalue weighted by Crippen LogP contribution is -2.59. The molecule has 654 valence electrons. The SMILES string of the molecule is C[C@H](CCC(=O)Oc1ccc(-c2c3nc(cc4ccc([nH]4)c(-c4ccc(OC(=O)CC[C@@H](C)[C@H]5CC[C@H]6[C@@H]7CC[C@@H]8C[C@H](OC(=O)c9ccc%10c(c9)C(=O)c9ccccc9C%10=O)CC[C@]8(C)[C@H]7C[C@H](O)[C@]56C)cc4)c4nc(cc5ccc2[nH]5)C=C4)C=C3)cc1)[C@H]1CC[C@H]2[C@@H]3CC[C@@H]4C[C@H](OC(=O)c5ccc6c(c5)C(=O)c5ccccc5C6=O)CC[C@]4(C)[C@H]3C[C@H](O)[C@]12C. The number of aromatic nitrogens is 4. The van der Waals surface area contributed by atoms with Gasteiger partial charge in [0, 0.05) is 90.5 Å². The number of esters is 4. The topological polar surface area (TPSA) is 271 Å². The number of carbonyl (C=O) groups is 8. The van der Waals surface area contributed by atoms with Crippen molar-refractivity contribution in [1.82, 2.24) is 19.9 Å². The molecule has 18 heteroatoms. The van der Waals surface area contributed by atoms with Crippen LogP contribution in [-0.2, 0) is 19.1 Å². The standard InChI is InChI=1S/C110H110N4O14/c1-59(85-37-39-87-81-35-23-65-53-73(47-49-107(65,3)89(81)57-95(115)109(85,87)5)127-105(123)63-21-33-79-83(51-63)103(121)77-13-9-7-11-75(77)101(79)119)15-45-97(117)125-71-29-17-61(18-30-71)99-91-41-25-67(111-91)55-69-27-43-93(113-69)100(94-44-28-70(114-94)56-68-26-42-92(99)112-68)62-19-31-72(32-20-62)126-98(118)46-16-60(2)86-38-40-88-82-36-24-66-54-74(48-50-108(66,4)90(82)58-96(116)110(86,88)6)128-106(124)64-22-34-80-84(52-64)104(122)78-14-10-8-12-76(78)102(80)120/h7-14,17-22,25-34,41-44,51-52,55-56,59-60,65-66,73-74,81-82,85-90,95-96,111,114-116H,15-16,23-24,35-40,45-50,53-54,57-58H2,1-6H3/t59-,60-,65-,66-,73-,74-,81+,82+,85-,86-,87+,88+,89+,90+,95+,96+,107+,108+,109-,110-/m1/s1. The van der Waals surface area contributed by atoms with Crippen molar-refractivity contribution in [3.63, 3.8) is 0 Å². The van der Waals surface area contributed by atoms with E-state index < -0.39 is 24.1 Å². The number of benzene rings is 6. The molecule has 8 bridgehead atoms. The van der Waals surface area contributed by atoms with E-state index in [1.807, 2.05) is 109 Å². The molecule has 128 heavy (non-hydrogen) atoms. The van der Waals surface area contributed by atoms with Crippen molar-refractivity contribution in [2.24, 2.45) is 92.7 Å². The average molecular weight is 1710 g/mol. The van der Waals surface area contributed by atoms with Crippen LogP contribution >= 0.6 is 0 Å². The van der Waals surface area contributed by atoms with Crippen molar-refractivity contribution in [2.75, 3.05) is 0 Å². The highest BCUT2D eigenvalue weighted by molar-refractivity contribution is 6.30. The summed E-state index contributed by atoms with van der Waals surface area (Å²) in [6.45, 7) is 14.0. The Balaban J connectivity index is 0.428. The number of ketones is 4. The Kier molecular flexibility index (Phi) is 21.0. The molecule has 21 rings (SSSR count). The Morgan fingerprint density at radius 3 is 1.20 bits per heavy atom. The van der Waals surface area contributed by atoms with Gasteiger partial charge in [-0.05, 0) is 341 Å². The Morgan fingerprint density at radius 1 is 0.414 bits per heavy atom. The maximum atomic E-state index is 13.9. The third-order valence-corrected chi connectivity index (χ3v) is 34.6. The number of hydrogen-bond donors (Lipinski definition) is 4. The van der Waals surface area contributed by atoms with Gasteiger partial charge in [0.25, 0.3) is 0 Å². The van der Waals surface area contributed by atoms with Crippen molar-refractivity contribution in [3.8, 4) is 33.8 Å². The van der Waals surface area contributed by atoms with E-state index in [-0.39, 0.29) is 128 Å². The van der Waals surface area contributed by atoms with Gasteiger partial charge in [-0.2, -0.15) is 0 Å². The highest BCUT2D eigenvalue weighted by Crippen LogP contribution is 2.71. The first-order valence-electron chi connectivity index (χ1n) is 46.9. The van der Waals surface area contributed by atoms with E-state index >= 15 is 0 Å². The lowest BCUT2D eigenvalue weighted by atomic mass is 9.43. The van der Waals surface area contributed by atoms with Crippen LogP contribution in [0.15, 0.2) is 170 Å². The summed E-state index contributed by atoms with van der Waals surface area (Å²) in [6, 6.07) is 50.5. The van der Waals surface area contributed by atoms with Crippen molar-refractivity contribution in [3.05, 3.63) is 248 Å². The van der Waals surface area contributed by atoms with Crippen molar-refractivity contribution in [1.29, 1.82) is 0 Å². The van der Waals surface area contributed by atoms with Gasteiger partial charge in [0.2, 0.25) is 0 Å². The van der Waals surface area contributed by atoms with Crippen molar-refractivity contribution >= 4 is 93.4 Å². The predicted octanol–water partition coefficient (Wildman–Crippen LogP) is 21.9. The number of rotatable bonds is 16. The number of nitrogens with zero attached hydrogens (tertiary/aromatic N) is 2. The smallest absolute Gasteiger partial charge is 0.338 e. The van der Waals surface area contributed by atoms with E-state index in [4.69, 9.17) is 28.9 Å². The molecule has 0 unspecified atom stereocenters. The largest absolute Gasteiger partial charge is 0.459 e. The van der Waals surface area contributed by atoms with Crippen LogP contribution in [0.1, 0.15) is 277 Å². The summed E-state index contributed by atoms with van der Waals surface area (Å²) in [5.74, 6) is 2.37. The molecule has 0 amide bonds. The van der Waals surface area contributed by atoms with Gasteiger partial charge in [-0.1, -0.05) is 114 Å². The molecule has 10 aliphatic carbocycles. The third-order valence-electron chi connectivity index (χ3n) is 34.6. The van der Waals surface area contributed by atoms with Crippen LogP contribution in [0.2, 0.25) is 0 Å². The van der Waals surface area contributed by atoms with Gasteiger partial charge in [-0.15, -0.1) is 0 Å².